The number of sulfonamides is 1. The van der Waals surface area contributed by atoms with Crippen molar-refractivity contribution in [2.24, 2.45) is 0 Å². The number of nitrogen functional groups attached to an aromatic ring is 1. The number of anilines is 1. The van der Waals surface area contributed by atoms with Crippen molar-refractivity contribution in [3.8, 4) is 0 Å². The van der Waals surface area contributed by atoms with E-state index in [2.05, 4.69) is 20.7 Å². The Kier molecular flexibility index (Phi) is 4.73. The number of aliphatic hydroxyl groups excluding tert-OH is 1. The molecule has 20 heavy (non-hydrogen) atoms. The molecular formula is C13H19BrN2O3S. The number of hydrogen-bond acceptors (Lipinski definition) is 4. The quantitative estimate of drug-likeness (QED) is 0.714. The first-order valence-electron chi connectivity index (χ1n) is 6.58. The predicted molar refractivity (Wildman–Crippen MR) is 81.8 cm³/mol. The Morgan fingerprint density at radius 2 is 1.95 bits per heavy atom. The van der Waals surface area contributed by atoms with Gasteiger partial charge in [0, 0.05) is 4.47 Å². The Morgan fingerprint density at radius 1 is 1.30 bits per heavy atom. The standard InChI is InChI=1S/C13H19BrN2O3S/c14-10-4-5-12(11(15)8-10)20(18,19)16-13(9-17)6-2-1-3-7-13/h4-5,8,16-17H,1-3,6-7,9,15H2. The van der Waals surface area contributed by atoms with Gasteiger partial charge in [-0.05, 0) is 31.0 Å². The van der Waals surface area contributed by atoms with Crippen LogP contribution in [-0.4, -0.2) is 25.7 Å². The van der Waals surface area contributed by atoms with E-state index in [9.17, 15) is 13.5 Å². The second-order valence-corrected chi connectivity index (χ2v) is 7.85. The molecule has 1 saturated carbocycles. The molecule has 1 aromatic rings. The number of halogens is 1. The summed E-state index contributed by atoms with van der Waals surface area (Å²) in [4.78, 5) is 0.0547. The van der Waals surface area contributed by atoms with Gasteiger partial charge in [-0.3, -0.25) is 0 Å². The van der Waals surface area contributed by atoms with Gasteiger partial charge in [-0.2, -0.15) is 0 Å². The van der Waals surface area contributed by atoms with Gasteiger partial charge in [-0.25, -0.2) is 13.1 Å². The second kappa shape index (κ2) is 6.01. The first-order chi connectivity index (χ1) is 9.38. The summed E-state index contributed by atoms with van der Waals surface area (Å²) < 4.78 is 28.3. The van der Waals surface area contributed by atoms with E-state index in [1.165, 1.54) is 6.07 Å². The summed E-state index contributed by atoms with van der Waals surface area (Å²) in [5.41, 5.74) is 5.22. The zero-order valence-corrected chi connectivity index (χ0v) is 13.5. The van der Waals surface area contributed by atoms with Crippen molar-refractivity contribution >= 4 is 31.6 Å². The lowest BCUT2D eigenvalue weighted by Crippen LogP contribution is -2.52. The van der Waals surface area contributed by atoms with Gasteiger partial charge in [-0.1, -0.05) is 35.2 Å². The van der Waals surface area contributed by atoms with Crippen LogP contribution < -0.4 is 10.5 Å². The molecule has 0 amide bonds. The predicted octanol–water partition coefficient (Wildman–Crippen LogP) is 2.00. The van der Waals surface area contributed by atoms with Gasteiger partial charge in [0.25, 0.3) is 0 Å². The van der Waals surface area contributed by atoms with E-state index < -0.39 is 15.6 Å². The highest BCUT2D eigenvalue weighted by Crippen LogP contribution is 2.31. The molecule has 0 atom stereocenters. The maximum atomic E-state index is 12.5. The van der Waals surface area contributed by atoms with Crippen molar-refractivity contribution < 1.29 is 13.5 Å². The van der Waals surface area contributed by atoms with Crippen molar-refractivity contribution in [3.63, 3.8) is 0 Å². The molecule has 2 rings (SSSR count). The van der Waals surface area contributed by atoms with Crippen molar-refractivity contribution in [2.45, 2.75) is 42.5 Å². The first kappa shape index (κ1) is 15.8. The average Bonchev–Trinajstić information content (AvgIpc) is 2.38. The molecule has 0 aromatic heterocycles. The molecule has 1 fully saturated rings. The molecule has 1 aliphatic carbocycles. The van der Waals surface area contributed by atoms with E-state index >= 15 is 0 Å². The molecule has 7 heteroatoms. The van der Waals surface area contributed by atoms with E-state index in [0.717, 1.165) is 23.7 Å². The van der Waals surface area contributed by atoms with Gasteiger partial charge in [0.15, 0.2) is 0 Å². The summed E-state index contributed by atoms with van der Waals surface area (Å²) in [6, 6.07) is 4.66. The van der Waals surface area contributed by atoms with Crippen molar-refractivity contribution in [1.82, 2.24) is 4.72 Å². The number of benzene rings is 1. The van der Waals surface area contributed by atoms with Gasteiger partial charge >= 0.3 is 0 Å². The Labute approximate surface area is 127 Å². The second-order valence-electron chi connectivity index (χ2n) is 5.29. The van der Waals surface area contributed by atoms with Gasteiger partial charge < -0.3 is 10.8 Å². The van der Waals surface area contributed by atoms with Crippen LogP contribution in [0.15, 0.2) is 27.6 Å². The average molecular weight is 363 g/mol. The van der Waals surface area contributed by atoms with Crippen LogP contribution in [0.25, 0.3) is 0 Å². The third-order valence-corrected chi connectivity index (χ3v) is 5.87. The Balaban J connectivity index is 2.30. The summed E-state index contributed by atoms with van der Waals surface area (Å²) in [6.07, 6.45) is 4.21. The molecule has 112 valence electrons. The first-order valence-corrected chi connectivity index (χ1v) is 8.86. The van der Waals surface area contributed by atoms with Crippen molar-refractivity contribution in [1.29, 1.82) is 0 Å². The molecule has 1 aliphatic rings. The van der Waals surface area contributed by atoms with Crippen LogP contribution in [0, 0.1) is 0 Å². The lowest BCUT2D eigenvalue weighted by molar-refractivity contribution is 0.142. The molecule has 0 radical (unpaired) electrons. The normalized spacial score (nSPS) is 18.9. The van der Waals surface area contributed by atoms with E-state index in [1.54, 1.807) is 12.1 Å². The van der Waals surface area contributed by atoms with Crippen LogP contribution in [0.2, 0.25) is 0 Å². The Morgan fingerprint density at radius 3 is 2.50 bits per heavy atom. The largest absolute Gasteiger partial charge is 0.398 e. The van der Waals surface area contributed by atoms with Crippen LogP contribution in [0.4, 0.5) is 5.69 Å². The minimum atomic E-state index is -3.73. The molecule has 0 unspecified atom stereocenters. The van der Waals surface area contributed by atoms with Crippen molar-refractivity contribution in [3.05, 3.63) is 22.7 Å². The van der Waals surface area contributed by atoms with Crippen molar-refractivity contribution in [2.75, 3.05) is 12.3 Å². The minimum absolute atomic E-state index is 0.0547. The van der Waals surface area contributed by atoms with Crippen LogP contribution in [0.1, 0.15) is 32.1 Å². The molecular weight excluding hydrogens is 344 g/mol. The van der Waals surface area contributed by atoms with Crippen LogP contribution in [0.3, 0.4) is 0 Å². The lowest BCUT2D eigenvalue weighted by atomic mass is 9.83. The Bertz CT molecular complexity index is 583. The zero-order chi connectivity index (χ0) is 14.8. The molecule has 0 bridgehead atoms. The smallest absolute Gasteiger partial charge is 0.243 e. The summed E-state index contributed by atoms with van der Waals surface area (Å²) in [6.45, 7) is -0.192. The van der Waals surface area contributed by atoms with Crippen LogP contribution >= 0.6 is 15.9 Å². The lowest BCUT2D eigenvalue weighted by Gasteiger charge is -2.36. The van der Waals surface area contributed by atoms with Crippen LogP contribution in [-0.2, 0) is 10.0 Å². The van der Waals surface area contributed by atoms with Gasteiger partial charge in [0.05, 0.1) is 17.8 Å². The van der Waals surface area contributed by atoms with Gasteiger partial charge in [-0.15, -0.1) is 0 Å². The summed E-state index contributed by atoms with van der Waals surface area (Å²) in [5, 5.41) is 9.60. The molecule has 0 aliphatic heterocycles. The molecule has 1 aromatic carbocycles. The molecule has 0 saturated heterocycles. The van der Waals surface area contributed by atoms with E-state index in [1.807, 2.05) is 0 Å². The summed E-state index contributed by atoms with van der Waals surface area (Å²) in [7, 11) is -3.73. The topological polar surface area (TPSA) is 92.4 Å². The molecule has 0 spiro atoms. The molecule has 5 nitrogen and oxygen atoms in total. The zero-order valence-electron chi connectivity index (χ0n) is 11.1. The van der Waals surface area contributed by atoms with E-state index in [0.29, 0.717) is 12.8 Å². The van der Waals surface area contributed by atoms with Gasteiger partial charge in [0.2, 0.25) is 10.0 Å². The number of nitrogens with two attached hydrogens (primary N) is 1. The number of rotatable bonds is 4. The highest BCUT2D eigenvalue weighted by atomic mass is 79.9. The number of nitrogens with one attached hydrogen (secondary N) is 1. The maximum absolute atomic E-state index is 12.5. The monoisotopic (exact) mass is 362 g/mol. The number of hydrogen-bond donors (Lipinski definition) is 3. The maximum Gasteiger partial charge on any atom is 0.243 e. The van der Waals surface area contributed by atoms with Crippen LogP contribution in [0.5, 0.6) is 0 Å². The fourth-order valence-electron chi connectivity index (χ4n) is 2.63. The summed E-state index contributed by atoms with van der Waals surface area (Å²) in [5.74, 6) is 0. The SMILES string of the molecule is Nc1cc(Br)ccc1S(=O)(=O)NC1(CO)CCCCC1. The fraction of sp³-hybridized carbons (Fsp3) is 0.538. The molecule has 0 heterocycles. The minimum Gasteiger partial charge on any atom is -0.398 e. The fourth-order valence-corrected chi connectivity index (χ4v) is 4.57. The number of aliphatic hydroxyl groups is 1. The van der Waals surface area contributed by atoms with E-state index in [-0.39, 0.29) is 17.2 Å². The third kappa shape index (κ3) is 3.33. The van der Waals surface area contributed by atoms with Gasteiger partial charge in [0.1, 0.15) is 4.90 Å². The highest BCUT2D eigenvalue weighted by molar-refractivity contribution is 9.10. The molecule has 4 N–H and O–H groups in total. The Hall–Kier alpha value is -0.630. The summed E-state index contributed by atoms with van der Waals surface area (Å²) >= 11 is 3.25. The van der Waals surface area contributed by atoms with E-state index in [4.69, 9.17) is 5.73 Å². The highest BCUT2D eigenvalue weighted by Gasteiger charge is 2.36. The third-order valence-electron chi connectivity index (χ3n) is 3.73.